The molecule has 3 aliphatic rings. The lowest BCUT2D eigenvalue weighted by atomic mass is 9.95. The fraction of sp³-hybridized carbons (Fsp3) is 0.467. The average Bonchev–Trinajstić information content (AvgIpc) is 3.66. The molecule has 41 heavy (non-hydrogen) atoms. The largest absolute Gasteiger partial charge is 0.379 e. The fourth-order valence-electron chi connectivity index (χ4n) is 5.95. The van der Waals surface area contributed by atoms with Gasteiger partial charge in [-0.1, -0.05) is 35.9 Å². The number of carbonyl (C=O) groups is 2. The Morgan fingerprint density at radius 3 is 2.68 bits per heavy atom. The predicted molar refractivity (Wildman–Crippen MR) is 159 cm³/mol. The number of nitrogens with zero attached hydrogens (tertiary/aromatic N) is 5. The number of hydrogen-bond acceptors (Lipinski definition) is 7. The van der Waals surface area contributed by atoms with Gasteiger partial charge in [0, 0.05) is 86.5 Å². The maximum atomic E-state index is 13.3. The number of piperidine rings is 1. The fourth-order valence-corrected chi connectivity index (χ4v) is 6.14. The topological polar surface area (TPSA) is 107 Å². The van der Waals surface area contributed by atoms with Crippen molar-refractivity contribution in [3.63, 3.8) is 0 Å². The number of fused-ring (bicyclic) bond motifs is 1. The molecule has 0 spiro atoms. The van der Waals surface area contributed by atoms with E-state index in [4.69, 9.17) is 21.3 Å². The third-order valence-corrected chi connectivity index (χ3v) is 8.58. The lowest BCUT2D eigenvalue weighted by molar-refractivity contribution is -0.138. The summed E-state index contributed by atoms with van der Waals surface area (Å²) in [4.78, 5) is 44.4. The van der Waals surface area contributed by atoms with E-state index in [0.29, 0.717) is 55.7 Å². The second kappa shape index (κ2) is 12.6. The zero-order valence-corrected chi connectivity index (χ0v) is 23.9. The maximum absolute atomic E-state index is 13.3. The number of hydrogen-bond donors (Lipinski definition) is 2. The SMILES string of the molecule is O=C(/C=C/CN1CCOCC1)N1CCC(C(=O)N2CCC(Nc3ncc(Cl)c(-c4c[nH]c5ccccc45)n3)C2)CC1. The Labute approximate surface area is 244 Å². The Morgan fingerprint density at radius 2 is 1.85 bits per heavy atom. The number of aromatic amines is 1. The quantitative estimate of drug-likeness (QED) is 0.414. The van der Waals surface area contributed by atoms with Gasteiger partial charge in [0.05, 0.1) is 30.1 Å². The van der Waals surface area contributed by atoms with Crippen LogP contribution in [0.2, 0.25) is 5.02 Å². The van der Waals surface area contributed by atoms with Crippen LogP contribution in [0.5, 0.6) is 0 Å². The molecule has 3 aliphatic heterocycles. The molecule has 3 aromatic rings. The minimum absolute atomic E-state index is 0.0320. The molecule has 0 bridgehead atoms. The third kappa shape index (κ3) is 6.39. The summed E-state index contributed by atoms with van der Waals surface area (Å²) in [5, 5.41) is 4.95. The molecule has 2 amide bonds. The van der Waals surface area contributed by atoms with E-state index in [-0.39, 0.29) is 23.8 Å². The van der Waals surface area contributed by atoms with E-state index in [1.54, 1.807) is 12.3 Å². The number of benzene rings is 1. The Kier molecular flexibility index (Phi) is 8.50. The van der Waals surface area contributed by atoms with Crippen molar-refractivity contribution in [2.75, 3.05) is 64.3 Å². The Hall–Kier alpha value is -3.47. The average molecular weight is 578 g/mol. The predicted octanol–water partition coefficient (Wildman–Crippen LogP) is 3.42. The summed E-state index contributed by atoms with van der Waals surface area (Å²) in [6.07, 6.45) is 9.38. The molecule has 3 saturated heterocycles. The smallest absolute Gasteiger partial charge is 0.246 e. The summed E-state index contributed by atoms with van der Waals surface area (Å²) in [7, 11) is 0. The van der Waals surface area contributed by atoms with Crippen LogP contribution in [0.15, 0.2) is 48.8 Å². The number of morpholine rings is 1. The van der Waals surface area contributed by atoms with E-state index in [1.807, 2.05) is 46.3 Å². The molecule has 1 aromatic carbocycles. The first-order valence-electron chi connectivity index (χ1n) is 14.4. The van der Waals surface area contributed by atoms with Crippen LogP contribution < -0.4 is 5.32 Å². The minimum Gasteiger partial charge on any atom is -0.379 e. The van der Waals surface area contributed by atoms with E-state index in [0.717, 1.165) is 55.7 Å². The number of halogens is 1. The molecule has 10 nitrogen and oxygen atoms in total. The van der Waals surface area contributed by atoms with E-state index in [2.05, 4.69) is 20.2 Å². The first-order valence-corrected chi connectivity index (χ1v) is 14.8. The van der Waals surface area contributed by atoms with E-state index < -0.39 is 0 Å². The van der Waals surface area contributed by atoms with E-state index >= 15 is 0 Å². The van der Waals surface area contributed by atoms with Gasteiger partial charge in [0.1, 0.15) is 0 Å². The summed E-state index contributed by atoms with van der Waals surface area (Å²) >= 11 is 6.49. The van der Waals surface area contributed by atoms with Crippen molar-refractivity contribution in [2.45, 2.75) is 25.3 Å². The first kappa shape index (κ1) is 27.7. The van der Waals surface area contributed by atoms with Gasteiger partial charge in [0.2, 0.25) is 17.8 Å². The number of para-hydroxylation sites is 1. The van der Waals surface area contributed by atoms with Crippen LogP contribution >= 0.6 is 11.6 Å². The van der Waals surface area contributed by atoms with Crippen molar-refractivity contribution in [1.29, 1.82) is 0 Å². The van der Waals surface area contributed by atoms with Crippen molar-refractivity contribution >= 4 is 40.3 Å². The van der Waals surface area contributed by atoms with Crippen LogP contribution in [0.25, 0.3) is 22.2 Å². The zero-order chi connectivity index (χ0) is 28.2. The second-order valence-corrected chi connectivity index (χ2v) is 11.4. The summed E-state index contributed by atoms with van der Waals surface area (Å²) < 4.78 is 5.37. The van der Waals surface area contributed by atoms with Gasteiger partial charge in [0.25, 0.3) is 0 Å². The molecular weight excluding hydrogens is 542 g/mol. The highest BCUT2D eigenvalue weighted by Gasteiger charge is 2.34. The Bertz CT molecular complexity index is 1410. The van der Waals surface area contributed by atoms with Crippen molar-refractivity contribution in [3.8, 4) is 11.3 Å². The third-order valence-electron chi connectivity index (χ3n) is 8.31. The lowest BCUT2D eigenvalue weighted by Gasteiger charge is -2.32. The maximum Gasteiger partial charge on any atom is 0.246 e. The summed E-state index contributed by atoms with van der Waals surface area (Å²) in [5.74, 6) is 0.670. The first-order chi connectivity index (χ1) is 20.0. The van der Waals surface area contributed by atoms with Gasteiger partial charge in [-0.3, -0.25) is 14.5 Å². The van der Waals surface area contributed by atoms with Crippen molar-refractivity contribution in [2.24, 2.45) is 5.92 Å². The van der Waals surface area contributed by atoms with Gasteiger partial charge in [-0.05, 0) is 25.3 Å². The Balaban J connectivity index is 0.992. The summed E-state index contributed by atoms with van der Waals surface area (Å²) in [6.45, 7) is 6.59. The molecule has 5 heterocycles. The number of rotatable bonds is 7. The van der Waals surface area contributed by atoms with Crippen LogP contribution in [0, 0.1) is 5.92 Å². The van der Waals surface area contributed by atoms with Gasteiger partial charge in [-0.15, -0.1) is 0 Å². The highest BCUT2D eigenvalue weighted by Crippen LogP contribution is 2.32. The normalized spacial score (nSPS) is 20.8. The van der Waals surface area contributed by atoms with Crippen LogP contribution in [0.3, 0.4) is 0 Å². The van der Waals surface area contributed by atoms with Crippen LogP contribution in [-0.2, 0) is 14.3 Å². The molecule has 0 saturated carbocycles. The zero-order valence-electron chi connectivity index (χ0n) is 23.1. The van der Waals surface area contributed by atoms with Gasteiger partial charge in [0.15, 0.2) is 0 Å². The minimum atomic E-state index is -0.0459. The number of nitrogens with one attached hydrogen (secondary N) is 2. The van der Waals surface area contributed by atoms with Gasteiger partial charge in [-0.25, -0.2) is 9.97 Å². The van der Waals surface area contributed by atoms with E-state index in [1.165, 1.54) is 0 Å². The van der Waals surface area contributed by atoms with Crippen LogP contribution in [0.4, 0.5) is 5.95 Å². The number of anilines is 1. The molecule has 216 valence electrons. The summed E-state index contributed by atoms with van der Waals surface area (Å²) in [6, 6.07) is 8.10. The monoisotopic (exact) mass is 577 g/mol. The van der Waals surface area contributed by atoms with Gasteiger partial charge in [-0.2, -0.15) is 0 Å². The lowest BCUT2D eigenvalue weighted by Crippen LogP contribution is -2.44. The second-order valence-electron chi connectivity index (χ2n) is 11.0. The van der Waals surface area contributed by atoms with Crippen LogP contribution in [-0.4, -0.2) is 107 Å². The van der Waals surface area contributed by atoms with Gasteiger partial charge < -0.3 is 24.8 Å². The molecule has 0 aliphatic carbocycles. The number of carbonyl (C=O) groups excluding carboxylic acids is 2. The van der Waals surface area contributed by atoms with Crippen molar-refractivity contribution in [3.05, 3.63) is 53.8 Å². The highest BCUT2D eigenvalue weighted by molar-refractivity contribution is 6.33. The molecule has 11 heteroatoms. The molecule has 1 atom stereocenters. The summed E-state index contributed by atoms with van der Waals surface area (Å²) in [5.41, 5.74) is 2.62. The highest BCUT2D eigenvalue weighted by atomic mass is 35.5. The molecule has 1 unspecified atom stereocenters. The molecule has 2 N–H and O–H groups in total. The van der Waals surface area contributed by atoms with Crippen molar-refractivity contribution in [1.82, 2.24) is 29.7 Å². The van der Waals surface area contributed by atoms with E-state index in [9.17, 15) is 9.59 Å². The standard InChI is InChI=1S/C30H36ClN7O3/c31-25-19-33-30(35-28(25)24-18-32-26-5-2-1-4-23(24)26)34-22-9-13-38(20-22)29(40)21-7-11-37(12-8-21)27(39)6-3-10-36-14-16-41-17-15-36/h1-6,18-19,21-22,32H,7-17,20H2,(H,33,34,35)/b6-3+. The Morgan fingerprint density at radius 1 is 1.07 bits per heavy atom. The number of ether oxygens (including phenoxy) is 1. The number of amides is 2. The molecule has 6 rings (SSSR count). The van der Waals surface area contributed by atoms with Gasteiger partial charge >= 0.3 is 0 Å². The molecule has 0 radical (unpaired) electrons. The van der Waals surface area contributed by atoms with Crippen molar-refractivity contribution < 1.29 is 14.3 Å². The number of H-pyrrole nitrogens is 1. The van der Waals surface area contributed by atoms with Crippen LogP contribution in [0.1, 0.15) is 19.3 Å². The number of likely N-dealkylation sites (tertiary alicyclic amines) is 2. The molecule has 2 aromatic heterocycles. The number of aromatic nitrogens is 3. The molecule has 3 fully saturated rings. The molecular formula is C30H36ClN7O3.